The van der Waals surface area contributed by atoms with Crippen molar-refractivity contribution in [3.05, 3.63) is 0 Å². The minimum Gasteiger partial charge on any atom is -0.481 e. The molecule has 1 saturated heterocycles. The van der Waals surface area contributed by atoms with E-state index in [0.717, 1.165) is 19.4 Å². The summed E-state index contributed by atoms with van der Waals surface area (Å²) in [6.45, 7) is 3.94. The molecule has 2 aliphatic rings. The number of carbonyl (C=O) groups excluding carboxylic acids is 1. The Bertz CT molecular complexity index is 325. The van der Waals surface area contributed by atoms with Crippen LogP contribution in [0, 0.1) is 11.8 Å². The quantitative estimate of drug-likeness (QED) is 0.799. The number of amides is 1. The van der Waals surface area contributed by atoms with Crippen molar-refractivity contribution in [2.24, 2.45) is 11.8 Å². The van der Waals surface area contributed by atoms with Crippen molar-refractivity contribution >= 4 is 11.9 Å². The zero-order valence-electron chi connectivity index (χ0n) is 10.8. The monoisotopic (exact) mass is 255 g/mol. The number of aliphatic carboxylic acids is 1. The molecule has 0 bridgehead atoms. The fraction of sp³-hybridized carbons (Fsp3) is 0.846. The molecule has 1 saturated carbocycles. The maximum atomic E-state index is 12.3. The smallest absolute Gasteiger partial charge is 0.307 e. The Labute approximate surface area is 107 Å². The first-order chi connectivity index (χ1) is 8.63. The average Bonchev–Trinajstić information content (AvgIpc) is 2.75. The third-order valence-corrected chi connectivity index (χ3v) is 4.05. The predicted octanol–water partition coefficient (Wildman–Crippen LogP) is 1.12. The average molecular weight is 255 g/mol. The van der Waals surface area contributed by atoms with Gasteiger partial charge in [0.05, 0.1) is 17.9 Å². The molecule has 18 heavy (non-hydrogen) atoms. The summed E-state index contributed by atoms with van der Waals surface area (Å²) in [6, 6.07) is 0. The van der Waals surface area contributed by atoms with E-state index in [2.05, 4.69) is 0 Å². The number of carbonyl (C=O) groups is 2. The summed E-state index contributed by atoms with van der Waals surface area (Å²) >= 11 is 0. The third kappa shape index (κ3) is 2.66. The van der Waals surface area contributed by atoms with E-state index in [9.17, 15) is 9.59 Å². The van der Waals surface area contributed by atoms with Crippen molar-refractivity contribution in [1.82, 2.24) is 4.90 Å². The first kappa shape index (κ1) is 13.3. The third-order valence-electron chi connectivity index (χ3n) is 4.05. The van der Waals surface area contributed by atoms with Gasteiger partial charge in [-0.05, 0) is 32.6 Å². The molecular formula is C13H21NO4. The van der Waals surface area contributed by atoms with Crippen LogP contribution in [0.2, 0.25) is 0 Å². The second-order valence-corrected chi connectivity index (χ2v) is 5.14. The number of nitrogens with zero attached hydrogens (tertiary/aromatic N) is 1. The molecule has 3 unspecified atom stereocenters. The van der Waals surface area contributed by atoms with Crippen molar-refractivity contribution in [3.63, 3.8) is 0 Å². The topological polar surface area (TPSA) is 66.8 Å². The molecule has 3 atom stereocenters. The Hall–Kier alpha value is -1.10. The Kier molecular flexibility index (Phi) is 4.22. The molecule has 0 aromatic rings. The predicted molar refractivity (Wildman–Crippen MR) is 65.1 cm³/mol. The second kappa shape index (κ2) is 5.69. The van der Waals surface area contributed by atoms with Crippen molar-refractivity contribution < 1.29 is 19.4 Å². The number of likely N-dealkylation sites (N-methyl/N-ethyl adjacent to an activating group) is 1. The van der Waals surface area contributed by atoms with Crippen molar-refractivity contribution in [2.45, 2.75) is 38.7 Å². The van der Waals surface area contributed by atoms with Crippen LogP contribution in [0.4, 0.5) is 0 Å². The number of hydrogen-bond acceptors (Lipinski definition) is 3. The van der Waals surface area contributed by atoms with Gasteiger partial charge in [-0.25, -0.2) is 0 Å². The molecule has 0 spiro atoms. The summed E-state index contributed by atoms with van der Waals surface area (Å²) in [5.41, 5.74) is 0. The largest absolute Gasteiger partial charge is 0.481 e. The van der Waals surface area contributed by atoms with Gasteiger partial charge in [-0.15, -0.1) is 0 Å². The molecule has 5 nitrogen and oxygen atoms in total. The molecule has 5 heteroatoms. The van der Waals surface area contributed by atoms with Crippen LogP contribution in [-0.2, 0) is 14.3 Å². The van der Waals surface area contributed by atoms with Crippen LogP contribution in [-0.4, -0.2) is 47.7 Å². The molecule has 1 amide bonds. The number of ether oxygens (including phenoxy) is 1. The summed E-state index contributed by atoms with van der Waals surface area (Å²) in [6.07, 6.45) is 3.52. The molecular weight excluding hydrogens is 234 g/mol. The lowest BCUT2D eigenvalue weighted by Crippen LogP contribution is -2.48. The van der Waals surface area contributed by atoms with Gasteiger partial charge >= 0.3 is 5.97 Å². The van der Waals surface area contributed by atoms with Gasteiger partial charge in [0.2, 0.25) is 5.91 Å². The Morgan fingerprint density at radius 1 is 1.28 bits per heavy atom. The minimum atomic E-state index is -0.840. The van der Waals surface area contributed by atoms with E-state index in [1.807, 2.05) is 6.92 Å². The van der Waals surface area contributed by atoms with Crippen molar-refractivity contribution in [2.75, 3.05) is 19.7 Å². The second-order valence-electron chi connectivity index (χ2n) is 5.14. The van der Waals surface area contributed by atoms with E-state index in [0.29, 0.717) is 25.9 Å². The van der Waals surface area contributed by atoms with Gasteiger partial charge in [0.1, 0.15) is 0 Å². The van der Waals surface area contributed by atoms with Gasteiger partial charge in [-0.3, -0.25) is 9.59 Å². The van der Waals surface area contributed by atoms with Crippen LogP contribution < -0.4 is 0 Å². The Morgan fingerprint density at radius 3 is 2.44 bits per heavy atom. The molecule has 1 aliphatic carbocycles. The van der Waals surface area contributed by atoms with Gasteiger partial charge in [-0.1, -0.05) is 0 Å². The van der Waals surface area contributed by atoms with Crippen molar-refractivity contribution in [3.8, 4) is 0 Å². The van der Waals surface area contributed by atoms with E-state index in [-0.39, 0.29) is 17.9 Å². The van der Waals surface area contributed by atoms with Crippen LogP contribution in [0.3, 0.4) is 0 Å². The highest BCUT2D eigenvalue weighted by molar-refractivity contribution is 5.86. The number of hydrogen-bond donors (Lipinski definition) is 1. The molecule has 1 aliphatic heterocycles. The lowest BCUT2D eigenvalue weighted by Gasteiger charge is -2.36. The molecule has 1 heterocycles. The van der Waals surface area contributed by atoms with E-state index in [1.165, 1.54) is 0 Å². The first-order valence-electron chi connectivity index (χ1n) is 6.76. The summed E-state index contributed by atoms with van der Waals surface area (Å²) in [5, 5.41) is 9.00. The van der Waals surface area contributed by atoms with E-state index in [1.54, 1.807) is 4.90 Å². The molecule has 2 rings (SSSR count). The standard InChI is InChI=1S/C13H21NO4/c1-2-14(8-9-4-3-7-18-9)12(15)10-5-6-11(10)13(16)17/h9-11H,2-8H2,1H3,(H,16,17). The molecule has 0 aromatic carbocycles. The molecule has 102 valence electrons. The molecule has 2 fully saturated rings. The summed E-state index contributed by atoms with van der Waals surface area (Å²) in [5.74, 6) is -1.64. The van der Waals surface area contributed by atoms with Gasteiger partial charge < -0.3 is 14.7 Å². The molecule has 0 radical (unpaired) electrons. The number of rotatable bonds is 5. The van der Waals surface area contributed by atoms with Crippen LogP contribution in [0.1, 0.15) is 32.6 Å². The van der Waals surface area contributed by atoms with Gasteiger partial charge in [0.15, 0.2) is 0 Å². The zero-order chi connectivity index (χ0) is 13.1. The highest BCUT2D eigenvalue weighted by atomic mass is 16.5. The maximum absolute atomic E-state index is 12.3. The maximum Gasteiger partial charge on any atom is 0.307 e. The summed E-state index contributed by atoms with van der Waals surface area (Å²) in [4.78, 5) is 25.0. The van der Waals surface area contributed by atoms with Crippen molar-refractivity contribution in [1.29, 1.82) is 0 Å². The lowest BCUT2D eigenvalue weighted by molar-refractivity contribution is -0.157. The number of carboxylic acid groups (broad SMARTS) is 1. The van der Waals surface area contributed by atoms with Crippen LogP contribution in [0.25, 0.3) is 0 Å². The lowest BCUT2D eigenvalue weighted by atomic mass is 9.73. The molecule has 0 aromatic heterocycles. The minimum absolute atomic E-state index is 0.00773. The fourth-order valence-electron chi connectivity index (χ4n) is 2.73. The van der Waals surface area contributed by atoms with E-state index >= 15 is 0 Å². The van der Waals surface area contributed by atoms with Crippen LogP contribution >= 0.6 is 0 Å². The normalized spacial score (nSPS) is 30.8. The first-order valence-corrected chi connectivity index (χ1v) is 6.76. The highest BCUT2D eigenvalue weighted by Gasteiger charge is 2.43. The highest BCUT2D eigenvalue weighted by Crippen LogP contribution is 2.36. The Morgan fingerprint density at radius 2 is 2.00 bits per heavy atom. The number of carboxylic acids is 1. The van der Waals surface area contributed by atoms with E-state index in [4.69, 9.17) is 9.84 Å². The molecule has 1 N–H and O–H groups in total. The summed E-state index contributed by atoms with van der Waals surface area (Å²) < 4.78 is 5.53. The van der Waals surface area contributed by atoms with Crippen LogP contribution in [0.5, 0.6) is 0 Å². The van der Waals surface area contributed by atoms with E-state index < -0.39 is 11.9 Å². The summed E-state index contributed by atoms with van der Waals surface area (Å²) in [7, 11) is 0. The van der Waals surface area contributed by atoms with Gasteiger partial charge in [-0.2, -0.15) is 0 Å². The van der Waals surface area contributed by atoms with Gasteiger partial charge in [0.25, 0.3) is 0 Å². The Balaban J connectivity index is 1.90. The van der Waals surface area contributed by atoms with Gasteiger partial charge in [0, 0.05) is 19.7 Å². The zero-order valence-corrected chi connectivity index (χ0v) is 10.8. The van der Waals surface area contributed by atoms with Crippen LogP contribution in [0.15, 0.2) is 0 Å². The SMILES string of the molecule is CCN(CC1CCCO1)C(=O)C1CCC1C(=O)O. The fourth-order valence-corrected chi connectivity index (χ4v) is 2.73.